The molecule has 1 aromatic carbocycles. The first-order valence-electron chi connectivity index (χ1n) is 6.24. The molecule has 0 spiro atoms. The highest BCUT2D eigenvalue weighted by molar-refractivity contribution is 7.92. The van der Waals surface area contributed by atoms with E-state index in [0.29, 0.717) is 5.69 Å². The van der Waals surface area contributed by atoms with Crippen molar-refractivity contribution < 1.29 is 8.42 Å². The van der Waals surface area contributed by atoms with Crippen LogP contribution in [0.2, 0.25) is 0 Å². The fourth-order valence-electron chi connectivity index (χ4n) is 1.85. The zero-order valence-electron chi connectivity index (χ0n) is 11.8. The normalized spacial score (nSPS) is 10.8. The summed E-state index contributed by atoms with van der Waals surface area (Å²) in [4.78, 5) is 0. The summed E-state index contributed by atoms with van der Waals surface area (Å²) in [5.41, 5.74) is 7.51. The highest BCUT2D eigenvalue weighted by atomic mass is 32.2. The largest absolute Gasteiger partial charge is 0.320 e. The van der Waals surface area contributed by atoms with Gasteiger partial charge >= 0.3 is 0 Å². The number of anilines is 1. The molecule has 0 aliphatic rings. The quantitative estimate of drug-likeness (QED) is 0.822. The molecule has 0 bridgehead atoms. The number of hydrogen-bond acceptors (Lipinski definition) is 4. The van der Waals surface area contributed by atoms with Crippen LogP contribution in [0.4, 0.5) is 5.69 Å². The molecule has 1 heterocycles. The van der Waals surface area contributed by atoms with E-state index in [1.54, 1.807) is 25.2 Å². The van der Waals surface area contributed by atoms with Crippen LogP contribution in [0.25, 0.3) is 0 Å². The number of rotatable bonds is 3. The first-order valence-corrected chi connectivity index (χ1v) is 7.73. The van der Waals surface area contributed by atoms with Crippen LogP contribution in [0.1, 0.15) is 11.1 Å². The number of nitrogens with zero attached hydrogens (tertiary/aromatic N) is 2. The zero-order valence-corrected chi connectivity index (χ0v) is 12.6. The van der Waals surface area contributed by atoms with E-state index in [1.165, 1.54) is 16.9 Å². The van der Waals surface area contributed by atoms with E-state index in [4.69, 9.17) is 5.73 Å². The van der Waals surface area contributed by atoms with Gasteiger partial charge in [-0.3, -0.25) is 9.40 Å². The Labute approximate surface area is 124 Å². The number of nitrogens with one attached hydrogen (secondary N) is 1. The third-order valence-electron chi connectivity index (χ3n) is 2.86. The van der Waals surface area contributed by atoms with Crippen molar-refractivity contribution in [3.05, 3.63) is 41.6 Å². The maximum absolute atomic E-state index is 12.2. The first-order chi connectivity index (χ1) is 9.94. The summed E-state index contributed by atoms with van der Waals surface area (Å²) in [7, 11) is -2.08. The zero-order chi connectivity index (χ0) is 15.5. The van der Waals surface area contributed by atoms with E-state index in [-0.39, 0.29) is 11.6 Å². The standard InChI is InChI=1S/C14H16N4O2S/c1-11-10-13(6-5-12(11)4-3-8-15)17-21(19,20)14-7-9-16-18(14)2/h5-7,9-10,17H,8,15H2,1-2H3. The molecular formula is C14H16N4O2S. The van der Waals surface area contributed by atoms with Crippen molar-refractivity contribution >= 4 is 15.7 Å². The Hall–Kier alpha value is -2.30. The Balaban J connectivity index is 2.29. The summed E-state index contributed by atoms with van der Waals surface area (Å²) in [5.74, 6) is 5.70. The molecule has 7 heteroatoms. The van der Waals surface area contributed by atoms with E-state index in [2.05, 4.69) is 21.7 Å². The highest BCUT2D eigenvalue weighted by Gasteiger charge is 2.18. The molecule has 1 aromatic heterocycles. The van der Waals surface area contributed by atoms with Gasteiger partial charge in [0.15, 0.2) is 5.03 Å². The van der Waals surface area contributed by atoms with Gasteiger partial charge < -0.3 is 5.73 Å². The third-order valence-corrected chi connectivity index (χ3v) is 4.31. The Bertz CT molecular complexity index is 813. The number of sulfonamides is 1. The van der Waals surface area contributed by atoms with E-state index in [9.17, 15) is 8.42 Å². The molecular weight excluding hydrogens is 288 g/mol. The lowest BCUT2D eigenvalue weighted by Gasteiger charge is -2.09. The van der Waals surface area contributed by atoms with E-state index < -0.39 is 10.0 Å². The van der Waals surface area contributed by atoms with Gasteiger partial charge in [-0.2, -0.15) is 13.5 Å². The van der Waals surface area contributed by atoms with Gasteiger partial charge in [0.05, 0.1) is 12.7 Å². The number of aromatic nitrogens is 2. The molecule has 0 aliphatic carbocycles. The lowest BCUT2D eigenvalue weighted by atomic mass is 10.1. The molecule has 0 radical (unpaired) electrons. The van der Waals surface area contributed by atoms with Gasteiger partial charge in [-0.05, 0) is 36.8 Å². The van der Waals surface area contributed by atoms with Crippen LogP contribution in [-0.4, -0.2) is 24.7 Å². The van der Waals surface area contributed by atoms with Gasteiger partial charge in [0.2, 0.25) is 0 Å². The SMILES string of the molecule is Cc1cc(NS(=O)(=O)c2ccnn2C)ccc1C#CCN. The molecule has 0 unspecified atom stereocenters. The van der Waals surface area contributed by atoms with Crippen molar-refractivity contribution in [2.24, 2.45) is 12.8 Å². The van der Waals surface area contributed by atoms with E-state index >= 15 is 0 Å². The second-order valence-electron chi connectivity index (χ2n) is 4.43. The molecule has 0 aliphatic heterocycles. The molecule has 0 amide bonds. The van der Waals surface area contributed by atoms with E-state index in [0.717, 1.165) is 11.1 Å². The van der Waals surface area contributed by atoms with Crippen molar-refractivity contribution in [1.29, 1.82) is 0 Å². The first kappa shape index (κ1) is 15.1. The predicted molar refractivity (Wildman–Crippen MR) is 81.1 cm³/mol. The molecule has 0 saturated carbocycles. The molecule has 2 rings (SSSR count). The van der Waals surface area contributed by atoms with Crippen molar-refractivity contribution in [3.63, 3.8) is 0 Å². The molecule has 110 valence electrons. The monoisotopic (exact) mass is 304 g/mol. The summed E-state index contributed by atoms with van der Waals surface area (Å²) in [5, 5.41) is 3.96. The van der Waals surface area contributed by atoms with Crippen LogP contribution in [0.3, 0.4) is 0 Å². The lowest BCUT2D eigenvalue weighted by molar-refractivity contribution is 0.582. The Morgan fingerprint density at radius 2 is 2.14 bits per heavy atom. The van der Waals surface area contributed by atoms with Crippen LogP contribution in [0.15, 0.2) is 35.5 Å². The van der Waals surface area contributed by atoms with Crippen LogP contribution in [-0.2, 0) is 17.1 Å². The Morgan fingerprint density at radius 3 is 2.71 bits per heavy atom. The molecule has 21 heavy (non-hydrogen) atoms. The van der Waals surface area contributed by atoms with Crippen molar-refractivity contribution in [1.82, 2.24) is 9.78 Å². The molecule has 3 N–H and O–H groups in total. The lowest BCUT2D eigenvalue weighted by Crippen LogP contribution is -2.16. The van der Waals surface area contributed by atoms with Crippen LogP contribution in [0.5, 0.6) is 0 Å². The van der Waals surface area contributed by atoms with Crippen LogP contribution in [0, 0.1) is 18.8 Å². The molecule has 6 nitrogen and oxygen atoms in total. The fourth-order valence-corrected chi connectivity index (χ4v) is 3.02. The van der Waals surface area contributed by atoms with Crippen LogP contribution < -0.4 is 10.5 Å². The predicted octanol–water partition coefficient (Wildman–Crippen LogP) is 0.840. The number of nitrogens with two attached hydrogens (primary N) is 1. The Kier molecular flexibility index (Phi) is 4.31. The average molecular weight is 304 g/mol. The maximum atomic E-state index is 12.2. The smallest absolute Gasteiger partial charge is 0.279 e. The van der Waals surface area contributed by atoms with E-state index in [1.807, 2.05) is 6.92 Å². The van der Waals surface area contributed by atoms with Gasteiger partial charge in [0, 0.05) is 18.3 Å². The minimum absolute atomic E-state index is 0.104. The summed E-state index contributed by atoms with van der Waals surface area (Å²) >= 11 is 0. The second kappa shape index (κ2) is 5.99. The number of hydrogen-bond donors (Lipinski definition) is 2. The number of aryl methyl sites for hydroxylation is 2. The Morgan fingerprint density at radius 1 is 1.38 bits per heavy atom. The minimum Gasteiger partial charge on any atom is -0.320 e. The summed E-state index contributed by atoms with van der Waals surface area (Å²) in [6, 6.07) is 6.60. The summed E-state index contributed by atoms with van der Waals surface area (Å²) in [6.07, 6.45) is 1.44. The van der Waals surface area contributed by atoms with Crippen molar-refractivity contribution in [3.8, 4) is 11.8 Å². The van der Waals surface area contributed by atoms with Crippen molar-refractivity contribution in [2.75, 3.05) is 11.3 Å². The van der Waals surface area contributed by atoms with Crippen LogP contribution >= 0.6 is 0 Å². The molecule has 0 atom stereocenters. The minimum atomic E-state index is -3.65. The van der Waals surface area contributed by atoms with Gasteiger partial charge in [-0.25, -0.2) is 0 Å². The van der Waals surface area contributed by atoms with Gasteiger partial charge in [-0.1, -0.05) is 11.8 Å². The third kappa shape index (κ3) is 3.42. The van der Waals surface area contributed by atoms with Crippen molar-refractivity contribution in [2.45, 2.75) is 11.9 Å². The van der Waals surface area contributed by atoms with Gasteiger partial charge in [0.25, 0.3) is 10.0 Å². The highest BCUT2D eigenvalue weighted by Crippen LogP contribution is 2.18. The fraction of sp³-hybridized carbons (Fsp3) is 0.214. The molecule has 2 aromatic rings. The summed E-state index contributed by atoms with van der Waals surface area (Å²) < 4.78 is 28.3. The van der Waals surface area contributed by atoms with Gasteiger partial charge in [0.1, 0.15) is 0 Å². The topological polar surface area (TPSA) is 90.0 Å². The average Bonchev–Trinajstić information content (AvgIpc) is 2.84. The second-order valence-corrected chi connectivity index (χ2v) is 6.06. The van der Waals surface area contributed by atoms with Gasteiger partial charge in [-0.15, -0.1) is 0 Å². The maximum Gasteiger partial charge on any atom is 0.279 e. The summed E-state index contributed by atoms with van der Waals surface area (Å²) in [6.45, 7) is 2.15. The number of benzene rings is 1. The molecule has 0 fully saturated rings. The molecule has 0 saturated heterocycles.